The van der Waals surface area contributed by atoms with Crippen molar-refractivity contribution in [1.29, 1.82) is 0 Å². The summed E-state index contributed by atoms with van der Waals surface area (Å²) in [6, 6.07) is 0. The van der Waals surface area contributed by atoms with Gasteiger partial charge in [-0.05, 0) is 6.92 Å². The standard InChI is InChI=1S/C8H13NOS/c1-5(2)8-9-4-7(11-8)6(3)10/h4-6,10H,1-3H3/t6-/m0/s1. The topological polar surface area (TPSA) is 33.1 Å². The summed E-state index contributed by atoms with van der Waals surface area (Å²) in [5.41, 5.74) is 0. The molecule has 1 N–H and O–H groups in total. The van der Waals surface area contributed by atoms with Gasteiger partial charge in [-0.2, -0.15) is 0 Å². The van der Waals surface area contributed by atoms with Gasteiger partial charge in [-0.1, -0.05) is 13.8 Å². The van der Waals surface area contributed by atoms with Crippen LogP contribution < -0.4 is 0 Å². The van der Waals surface area contributed by atoms with Crippen LogP contribution in [0.2, 0.25) is 0 Å². The van der Waals surface area contributed by atoms with Crippen molar-refractivity contribution < 1.29 is 5.11 Å². The normalized spacial score (nSPS) is 13.9. The van der Waals surface area contributed by atoms with E-state index < -0.39 is 0 Å². The highest BCUT2D eigenvalue weighted by atomic mass is 32.1. The van der Waals surface area contributed by atoms with Crippen molar-refractivity contribution in [2.75, 3.05) is 0 Å². The van der Waals surface area contributed by atoms with Crippen LogP contribution >= 0.6 is 11.3 Å². The summed E-state index contributed by atoms with van der Waals surface area (Å²) < 4.78 is 0. The van der Waals surface area contributed by atoms with Crippen LogP contribution in [0.4, 0.5) is 0 Å². The average Bonchev–Trinajstić information content (AvgIpc) is 2.33. The lowest BCUT2D eigenvalue weighted by molar-refractivity contribution is 0.203. The predicted molar refractivity (Wildman–Crippen MR) is 46.8 cm³/mol. The first-order chi connectivity index (χ1) is 5.11. The second-order valence-corrected chi connectivity index (χ2v) is 4.03. The molecule has 2 nitrogen and oxygen atoms in total. The molecule has 0 spiro atoms. The Morgan fingerprint density at radius 2 is 2.09 bits per heavy atom. The third kappa shape index (κ3) is 2.01. The Bertz CT molecular complexity index is 207. The number of aliphatic hydroxyl groups excluding tert-OH is 1. The van der Waals surface area contributed by atoms with Crippen molar-refractivity contribution in [3.63, 3.8) is 0 Å². The Hall–Kier alpha value is -0.410. The first kappa shape index (κ1) is 8.68. The van der Waals surface area contributed by atoms with Crippen molar-refractivity contribution >= 4 is 11.3 Å². The molecule has 0 aromatic carbocycles. The SMILES string of the molecule is CC(C)c1ncc([C@H](C)O)s1. The van der Waals surface area contributed by atoms with Gasteiger partial charge >= 0.3 is 0 Å². The van der Waals surface area contributed by atoms with E-state index in [0.717, 1.165) is 9.88 Å². The van der Waals surface area contributed by atoms with Crippen molar-refractivity contribution in [2.45, 2.75) is 32.8 Å². The summed E-state index contributed by atoms with van der Waals surface area (Å²) in [6.07, 6.45) is 1.38. The molecule has 0 aliphatic heterocycles. The molecule has 0 aliphatic carbocycles. The zero-order valence-corrected chi connectivity index (χ0v) is 7.85. The second kappa shape index (κ2) is 3.32. The minimum atomic E-state index is -0.375. The fourth-order valence-corrected chi connectivity index (χ4v) is 1.62. The first-order valence-electron chi connectivity index (χ1n) is 3.75. The Morgan fingerprint density at radius 1 is 1.45 bits per heavy atom. The first-order valence-corrected chi connectivity index (χ1v) is 4.56. The molecule has 0 aliphatic rings. The summed E-state index contributed by atoms with van der Waals surface area (Å²) in [7, 11) is 0. The maximum Gasteiger partial charge on any atom is 0.0954 e. The van der Waals surface area contributed by atoms with Gasteiger partial charge in [0.1, 0.15) is 0 Å². The van der Waals surface area contributed by atoms with Gasteiger partial charge in [0, 0.05) is 12.1 Å². The van der Waals surface area contributed by atoms with E-state index in [-0.39, 0.29) is 6.10 Å². The molecule has 0 saturated carbocycles. The van der Waals surface area contributed by atoms with Gasteiger partial charge < -0.3 is 5.11 Å². The molecule has 1 heterocycles. The predicted octanol–water partition coefficient (Wildman–Crippen LogP) is 2.32. The minimum Gasteiger partial charge on any atom is -0.388 e. The molecular weight excluding hydrogens is 158 g/mol. The number of hydrogen-bond donors (Lipinski definition) is 1. The Balaban J connectivity index is 2.82. The Kier molecular flexibility index (Phi) is 2.62. The summed E-state index contributed by atoms with van der Waals surface area (Å²) in [5, 5.41) is 10.3. The summed E-state index contributed by atoms with van der Waals surface area (Å²) in [5.74, 6) is 0.465. The van der Waals surface area contributed by atoms with E-state index >= 15 is 0 Å². The molecule has 0 bridgehead atoms. The minimum absolute atomic E-state index is 0.375. The third-order valence-corrected chi connectivity index (χ3v) is 2.92. The van der Waals surface area contributed by atoms with E-state index in [9.17, 15) is 5.11 Å². The van der Waals surface area contributed by atoms with Gasteiger partial charge in [0.2, 0.25) is 0 Å². The van der Waals surface area contributed by atoms with Gasteiger partial charge in [0.05, 0.1) is 16.0 Å². The number of rotatable bonds is 2. The molecule has 1 atom stereocenters. The van der Waals surface area contributed by atoms with Gasteiger partial charge in [-0.25, -0.2) is 4.98 Å². The van der Waals surface area contributed by atoms with Crippen LogP contribution in [0.25, 0.3) is 0 Å². The largest absolute Gasteiger partial charge is 0.388 e. The van der Waals surface area contributed by atoms with Crippen molar-refractivity contribution in [1.82, 2.24) is 4.98 Å². The molecule has 1 rings (SSSR count). The highest BCUT2D eigenvalue weighted by Crippen LogP contribution is 2.25. The van der Waals surface area contributed by atoms with Crippen LogP contribution in [0, 0.1) is 0 Å². The molecule has 11 heavy (non-hydrogen) atoms. The third-order valence-electron chi connectivity index (χ3n) is 1.45. The monoisotopic (exact) mass is 171 g/mol. The molecular formula is C8H13NOS. The van der Waals surface area contributed by atoms with Gasteiger partial charge in [0.25, 0.3) is 0 Å². The number of aliphatic hydroxyl groups is 1. The smallest absolute Gasteiger partial charge is 0.0954 e. The fourth-order valence-electron chi connectivity index (χ4n) is 0.761. The zero-order valence-electron chi connectivity index (χ0n) is 7.03. The molecule has 0 saturated heterocycles. The van der Waals surface area contributed by atoms with Crippen LogP contribution in [0.15, 0.2) is 6.20 Å². The van der Waals surface area contributed by atoms with Crippen LogP contribution in [0.1, 0.15) is 42.7 Å². The number of aromatic nitrogens is 1. The highest BCUT2D eigenvalue weighted by molar-refractivity contribution is 7.11. The van der Waals surface area contributed by atoms with E-state index in [0.29, 0.717) is 5.92 Å². The molecule has 0 amide bonds. The summed E-state index contributed by atoms with van der Waals surface area (Å²) in [6.45, 7) is 5.97. The number of thiazole rings is 1. The van der Waals surface area contributed by atoms with Crippen LogP contribution in [-0.4, -0.2) is 10.1 Å². The molecule has 1 aromatic rings. The van der Waals surface area contributed by atoms with Crippen LogP contribution in [0.5, 0.6) is 0 Å². The van der Waals surface area contributed by atoms with E-state index in [1.165, 1.54) is 0 Å². The summed E-state index contributed by atoms with van der Waals surface area (Å²) >= 11 is 1.59. The molecule has 62 valence electrons. The molecule has 0 unspecified atom stereocenters. The second-order valence-electron chi connectivity index (χ2n) is 2.93. The summed E-state index contributed by atoms with van der Waals surface area (Å²) in [4.78, 5) is 5.15. The van der Waals surface area contributed by atoms with Crippen LogP contribution in [0.3, 0.4) is 0 Å². The van der Waals surface area contributed by atoms with Gasteiger partial charge in [-0.3, -0.25) is 0 Å². The maximum atomic E-state index is 9.19. The quantitative estimate of drug-likeness (QED) is 0.740. The number of hydrogen-bond acceptors (Lipinski definition) is 3. The molecule has 0 radical (unpaired) electrons. The lowest BCUT2D eigenvalue weighted by Crippen LogP contribution is -1.83. The highest BCUT2D eigenvalue weighted by Gasteiger charge is 2.08. The van der Waals surface area contributed by atoms with E-state index in [1.807, 2.05) is 0 Å². The molecule has 3 heteroatoms. The number of nitrogens with zero attached hydrogens (tertiary/aromatic N) is 1. The Morgan fingerprint density at radius 3 is 2.36 bits per heavy atom. The Labute approximate surface area is 70.9 Å². The zero-order chi connectivity index (χ0) is 8.43. The van der Waals surface area contributed by atoms with Crippen molar-refractivity contribution in [3.8, 4) is 0 Å². The lowest BCUT2D eigenvalue weighted by Gasteiger charge is -1.97. The van der Waals surface area contributed by atoms with Crippen LogP contribution in [-0.2, 0) is 0 Å². The van der Waals surface area contributed by atoms with Crippen molar-refractivity contribution in [3.05, 3.63) is 16.1 Å². The lowest BCUT2D eigenvalue weighted by atomic mass is 10.2. The van der Waals surface area contributed by atoms with Crippen molar-refractivity contribution in [2.24, 2.45) is 0 Å². The average molecular weight is 171 g/mol. The fraction of sp³-hybridized carbons (Fsp3) is 0.625. The van der Waals surface area contributed by atoms with Gasteiger partial charge in [0.15, 0.2) is 0 Å². The van der Waals surface area contributed by atoms with E-state index in [4.69, 9.17) is 0 Å². The van der Waals surface area contributed by atoms with E-state index in [1.54, 1.807) is 24.5 Å². The molecule has 0 fully saturated rings. The maximum absolute atomic E-state index is 9.19. The van der Waals surface area contributed by atoms with E-state index in [2.05, 4.69) is 18.8 Å². The van der Waals surface area contributed by atoms with Gasteiger partial charge in [-0.15, -0.1) is 11.3 Å². The molecule has 1 aromatic heterocycles.